The smallest absolute Gasteiger partial charge is 0.161 e. The van der Waals surface area contributed by atoms with Crippen LogP contribution < -0.4 is 14.8 Å². The first-order valence-corrected chi connectivity index (χ1v) is 7.11. The molecule has 4 nitrogen and oxygen atoms in total. The third kappa shape index (κ3) is 4.46. The number of benzene rings is 1. The van der Waals surface area contributed by atoms with Crippen LogP contribution in [0.4, 0.5) is 4.39 Å². The molecule has 6 heteroatoms. The van der Waals surface area contributed by atoms with Crippen LogP contribution in [0.5, 0.6) is 11.5 Å². The molecule has 1 fully saturated rings. The molecule has 21 heavy (non-hydrogen) atoms. The van der Waals surface area contributed by atoms with Crippen LogP contribution >= 0.6 is 12.4 Å². The molecular weight excluding hydrogens is 295 g/mol. The Labute approximate surface area is 132 Å². The summed E-state index contributed by atoms with van der Waals surface area (Å²) in [4.78, 5) is 2.17. The Morgan fingerprint density at radius 1 is 1.29 bits per heavy atom. The van der Waals surface area contributed by atoms with Gasteiger partial charge in [-0.25, -0.2) is 4.39 Å². The number of nitrogens with zero attached hydrogens (tertiary/aromatic N) is 1. The lowest BCUT2D eigenvalue weighted by Gasteiger charge is -2.33. The second-order valence-electron chi connectivity index (χ2n) is 4.80. The summed E-state index contributed by atoms with van der Waals surface area (Å²) in [5.74, 6) is 1.37. The Hall–Kier alpha value is -1.04. The zero-order valence-electron chi connectivity index (χ0n) is 12.6. The predicted molar refractivity (Wildman–Crippen MR) is 84.6 cm³/mol. The van der Waals surface area contributed by atoms with Gasteiger partial charge in [-0.2, -0.15) is 0 Å². The van der Waals surface area contributed by atoms with Crippen LogP contribution in [0.2, 0.25) is 0 Å². The van der Waals surface area contributed by atoms with Gasteiger partial charge >= 0.3 is 0 Å². The van der Waals surface area contributed by atoms with Crippen molar-refractivity contribution in [1.29, 1.82) is 0 Å². The zero-order valence-corrected chi connectivity index (χ0v) is 13.4. The Bertz CT molecular complexity index is 428. The van der Waals surface area contributed by atoms with E-state index in [9.17, 15) is 4.39 Å². The molecule has 120 valence electrons. The fourth-order valence-corrected chi connectivity index (χ4v) is 2.56. The van der Waals surface area contributed by atoms with Gasteiger partial charge in [0.05, 0.1) is 19.8 Å². The molecule has 1 heterocycles. The van der Waals surface area contributed by atoms with E-state index in [-0.39, 0.29) is 18.4 Å². The maximum absolute atomic E-state index is 13.5. The van der Waals surface area contributed by atoms with Crippen LogP contribution in [0.15, 0.2) is 18.2 Å². The van der Waals surface area contributed by atoms with Crippen LogP contribution in [-0.4, -0.2) is 51.5 Å². The lowest BCUT2D eigenvalue weighted by Crippen LogP contribution is -2.45. The number of hydrogen-bond acceptors (Lipinski definition) is 4. The molecule has 1 aliphatic rings. The molecule has 1 atom stereocenters. The highest BCUT2D eigenvalue weighted by Gasteiger charge is 2.23. The van der Waals surface area contributed by atoms with E-state index < -0.39 is 6.67 Å². The minimum Gasteiger partial charge on any atom is -0.493 e. The van der Waals surface area contributed by atoms with Gasteiger partial charge in [-0.05, 0) is 24.6 Å². The van der Waals surface area contributed by atoms with E-state index in [1.54, 1.807) is 7.11 Å². The van der Waals surface area contributed by atoms with Crippen molar-refractivity contribution >= 4 is 12.4 Å². The minimum absolute atomic E-state index is 0. The number of rotatable bonds is 6. The molecule has 1 aliphatic heterocycles. The molecule has 1 aromatic carbocycles. The van der Waals surface area contributed by atoms with E-state index in [1.807, 2.05) is 25.1 Å². The monoisotopic (exact) mass is 318 g/mol. The van der Waals surface area contributed by atoms with Crippen molar-refractivity contribution in [3.05, 3.63) is 23.8 Å². The van der Waals surface area contributed by atoms with Crippen LogP contribution in [-0.2, 0) is 0 Å². The van der Waals surface area contributed by atoms with Crippen molar-refractivity contribution < 1.29 is 13.9 Å². The molecule has 0 unspecified atom stereocenters. The number of alkyl halides is 1. The first kappa shape index (κ1) is 18.0. The van der Waals surface area contributed by atoms with E-state index in [4.69, 9.17) is 9.47 Å². The Balaban J connectivity index is 0.00000220. The van der Waals surface area contributed by atoms with Gasteiger partial charge < -0.3 is 14.8 Å². The van der Waals surface area contributed by atoms with Crippen molar-refractivity contribution in [2.24, 2.45) is 0 Å². The van der Waals surface area contributed by atoms with E-state index in [1.165, 1.54) is 0 Å². The predicted octanol–water partition coefficient (Wildman–Crippen LogP) is 2.43. The standard InChI is InChI=1S/C15H23FN2O2.ClH/c1-3-20-14-5-4-12(10-15(14)19-2)13(11-16)18-8-6-17-7-9-18;/h4-5,10,13,17H,3,6-9,11H2,1-2H3;1H/t13-;/m1./s1. The normalized spacial score (nSPS) is 16.9. The Kier molecular flexibility index (Phi) is 7.78. The first-order valence-electron chi connectivity index (χ1n) is 7.11. The molecule has 0 bridgehead atoms. The van der Waals surface area contributed by atoms with E-state index in [0.29, 0.717) is 18.1 Å². The average Bonchev–Trinajstić information content (AvgIpc) is 2.50. The highest BCUT2D eigenvalue weighted by molar-refractivity contribution is 5.85. The molecule has 0 aromatic heterocycles. The second kappa shape index (κ2) is 9.07. The van der Waals surface area contributed by atoms with Gasteiger partial charge in [-0.15, -0.1) is 12.4 Å². The third-order valence-electron chi connectivity index (χ3n) is 3.61. The maximum atomic E-state index is 13.5. The summed E-state index contributed by atoms with van der Waals surface area (Å²) in [6.07, 6.45) is 0. The maximum Gasteiger partial charge on any atom is 0.161 e. The Morgan fingerprint density at radius 3 is 2.57 bits per heavy atom. The summed E-state index contributed by atoms with van der Waals surface area (Å²) in [5.41, 5.74) is 0.940. The number of methoxy groups -OCH3 is 1. The molecular formula is C15H24ClFN2O2. The third-order valence-corrected chi connectivity index (χ3v) is 3.61. The average molecular weight is 319 g/mol. The largest absolute Gasteiger partial charge is 0.493 e. The molecule has 1 aromatic rings. The number of hydrogen-bond donors (Lipinski definition) is 1. The second-order valence-corrected chi connectivity index (χ2v) is 4.80. The summed E-state index contributed by atoms with van der Waals surface area (Å²) in [6.45, 7) is 5.67. The number of piperazine rings is 1. The molecule has 0 spiro atoms. The van der Waals surface area contributed by atoms with E-state index >= 15 is 0 Å². The van der Waals surface area contributed by atoms with Crippen molar-refractivity contribution in [3.8, 4) is 11.5 Å². The van der Waals surface area contributed by atoms with Crippen molar-refractivity contribution in [1.82, 2.24) is 10.2 Å². The van der Waals surface area contributed by atoms with Gasteiger partial charge in [0.15, 0.2) is 11.5 Å². The quantitative estimate of drug-likeness (QED) is 0.873. The number of nitrogens with one attached hydrogen (secondary N) is 1. The first-order chi connectivity index (χ1) is 9.80. The molecule has 0 saturated carbocycles. The molecule has 0 radical (unpaired) electrons. The molecule has 0 aliphatic carbocycles. The van der Waals surface area contributed by atoms with Crippen molar-refractivity contribution in [2.45, 2.75) is 13.0 Å². The highest BCUT2D eigenvalue weighted by Crippen LogP contribution is 2.32. The number of ether oxygens (including phenoxy) is 2. The lowest BCUT2D eigenvalue weighted by molar-refractivity contribution is 0.147. The molecule has 1 saturated heterocycles. The topological polar surface area (TPSA) is 33.7 Å². The molecule has 0 amide bonds. The zero-order chi connectivity index (χ0) is 14.4. The van der Waals surface area contributed by atoms with Crippen molar-refractivity contribution in [3.63, 3.8) is 0 Å². The van der Waals surface area contributed by atoms with Crippen molar-refractivity contribution in [2.75, 3.05) is 46.6 Å². The molecule has 1 N–H and O–H groups in total. The van der Waals surface area contributed by atoms with Gasteiger partial charge in [0.1, 0.15) is 6.67 Å². The van der Waals surface area contributed by atoms with E-state index in [0.717, 1.165) is 31.7 Å². The summed E-state index contributed by atoms with van der Waals surface area (Å²) in [7, 11) is 1.61. The lowest BCUT2D eigenvalue weighted by atomic mass is 10.0. The fraction of sp³-hybridized carbons (Fsp3) is 0.600. The summed E-state index contributed by atoms with van der Waals surface area (Å²) in [6, 6.07) is 5.47. The summed E-state index contributed by atoms with van der Waals surface area (Å²) < 4.78 is 24.3. The van der Waals surface area contributed by atoms with Crippen LogP contribution in [0.3, 0.4) is 0 Å². The fourth-order valence-electron chi connectivity index (χ4n) is 2.56. The summed E-state index contributed by atoms with van der Waals surface area (Å²) >= 11 is 0. The van der Waals surface area contributed by atoms with Crippen LogP contribution in [0, 0.1) is 0 Å². The van der Waals surface area contributed by atoms with Gasteiger partial charge in [0, 0.05) is 26.2 Å². The van der Waals surface area contributed by atoms with Gasteiger partial charge in [0.25, 0.3) is 0 Å². The van der Waals surface area contributed by atoms with Crippen LogP contribution in [0.25, 0.3) is 0 Å². The Morgan fingerprint density at radius 2 is 2.00 bits per heavy atom. The SMILES string of the molecule is CCOc1ccc([C@@H](CF)N2CCNCC2)cc1OC.Cl. The minimum atomic E-state index is -0.392. The van der Waals surface area contributed by atoms with Gasteiger partial charge in [-0.1, -0.05) is 6.07 Å². The highest BCUT2D eigenvalue weighted by atomic mass is 35.5. The number of halogens is 2. The van der Waals surface area contributed by atoms with Gasteiger partial charge in [0.2, 0.25) is 0 Å². The molecule has 2 rings (SSSR count). The van der Waals surface area contributed by atoms with Gasteiger partial charge in [-0.3, -0.25) is 4.90 Å². The van der Waals surface area contributed by atoms with Crippen LogP contribution in [0.1, 0.15) is 18.5 Å². The summed E-state index contributed by atoms with van der Waals surface area (Å²) in [5, 5.41) is 3.28. The van der Waals surface area contributed by atoms with E-state index in [2.05, 4.69) is 10.2 Å².